The van der Waals surface area contributed by atoms with Gasteiger partial charge in [0.15, 0.2) is 22.8 Å². The Morgan fingerprint density at radius 1 is 0.897 bits per heavy atom. The van der Waals surface area contributed by atoms with E-state index in [1.807, 2.05) is 25.1 Å². The van der Waals surface area contributed by atoms with Crippen molar-refractivity contribution in [2.24, 2.45) is 0 Å². The van der Waals surface area contributed by atoms with Crippen molar-refractivity contribution in [2.45, 2.75) is 26.2 Å². The number of benzene rings is 1. The molecule has 1 aliphatic heterocycles. The van der Waals surface area contributed by atoms with Crippen LogP contribution in [0, 0.1) is 0 Å². The molecule has 29 heavy (non-hydrogen) atoms. The summed E-state index contributed by atoms with van der Waals surface area (Å²) in [6.45, 7) is 5.09. The van der Waals surface area contributed by atoms with E-state index >= 15 is 0 Å². The van der Waals surface area contributed by atoms with Crippen LogP contribution in [0.25, 0.3) is 0 Å². The molecular formula is C22H31NO6. The number of pyridine rings is 1. The lowest BCUT2D eigenvalue weighted by atomic mass is 10.0. The van der Waals surface area contributed by atoms with Crippen LogP contribution in [0.2, 0.25) is 0 Å². The molecule has 0 saturated carbocycles. The molecule has 0 aliphatic carbocycles. The number of methoxy groups -OCH3 is 3. The Morgan fingerprint density at radius 2 is 1.55 bits per heavy atom. The van der Waals surface area contributed by atoms with E-state index in [9.17, 15) is 4.79 Å². The molecule has 0 bridgehead atoms. The quantitative estimate of drug-likeness (QED) is 0.763. The average molecular weight is 405 g/mol. The summed E-state index contributed by atoms with van der Waals surface area (Å²) < 4.78 is 25.6. The molecule has 2 aromatic rings. The van der Waals surface area contributed by atoms with Gasteiger partial charge >= 0.3 is 0 Å². The number of ether oxygens (including phenoxy) is 5. The van der Waals surface area contributed by atoms with Gasteiger partial charge < -0.3 is 28.7 Å². The maximum Gasteiger partial charge on any atom is 0.194 e. The lowest BCUT2D eigenvalue weighted by Gasteiger charge is -2.12. The largest absolute Gasteiger partial charge is 0.493 e. The number of rotatable bonds is 7. The van der Waals surface area contributed by atoms with Crippen molar-refractivity contribution in [3.8, 4) is 17.4 Å². The van der Waals surface area contributed by atoms with Gasteiger partial charge in [0.05, 0.1) is 47.8 Å². The first-order valence-electron chi connectivity index (χ1n) is 9.78. The van der Waals surface area contributed by atoms with Crippen molar-refractivity contribution in [2.75, 3.05) is 47.8 Å². The van der Waals surface area contributed by atoms with Gasteiger partial charge in [-0.05, 0) is 37.0 Å². The van der Waals surface area contributed by atoms with E-state index in [1.165, 1.54) is 6.07 Å². The Hall–Kier alpha value is -2.51. The predicted molar refractivity (Wildman–Crippen MR) is 112 cm³/mol. The van der Waals surface area contributed by atoms with Crippen LogP contribution in [-0.2, 0) is 28.7 Å². The number of hydrogen-bond acceptors (Lipinski definition) is 6. The first kappa shape index (κ1) is 22.8. The normalized spacial score (nSPS) is 13.2. The molecule has 0 spiro atoms. The highest BCUT2D eigenvalue weighted by atomic mass is 16.6. The highest BCUT2D eigenvalue weighted by Crippen LogP contribution is 2.28. The second-order valence-corrected chi connectivity index (χ2v) is 6.43. The molecule has 2 heterocycles. The summed E-state index contributed by atoms with van der Waals surface area (Å²) in [5.74, 6) is 1.91. The molecule has 1 N–H and O–H groups in total. The fourth-order valence-electron chi connectivity index (χ4n) is 3.07. The van der Waals surface area contributed by atoms with Crippen molar-refractivity contribution >= 4 is 0 Å². The zero-order valence-electron chi connectivity index (χ0n) is 17.7. The molecule has 0 atom stereocenters. The Labute approximate surface area is 171 Å². The minimum atomic E-state index is 0.0189. The Morgan fingerprint density at radius 3 is 2.07 bits per heavy atom. The fourth-order valence-corrected chi connectivity index (χ4v) is 3.07. The van der Waals surface area contributed by atoms with Crippen LogP contribution in [0.4, 0.5) is 0 Å². The molecule has 1 fully saturated rings. The minimum Gasteiger partial charge on any atom is -0.493 e. The smallest absolute Gasteiger partial charge is 0.194 e. The van der Waals surface area contributed by atoms with E-state index in [1.54, 1.807) is 21.3 Å². The highest BCUT2D eigenvalue weighted by Gasteiger charge is 2.10. The van der Waals surface area contributed by atoms with Gasteiger partial charge in [-0.15, -0.1) is 0 Å². The zero-order chi connectivity index (χ0) is 21.1. The lowest BCUT2D eigenvalue weighted by Crippen LogP contribution is -2.16. The van der Waals surface area contributed by atoms with Gasteiger partial charge in [0.1, 0.15) is 0 Å². The van der Waals surface area contributed by atoms with Crippen LogP contribution in [0.3, 0.4) is 0 Å². The highest BCUT2D eigenvalue weighted by molar-refractivity contribution is 5.43. The number of H-pyrrole nitrogens is 1. The second kappa shape index (κ2) is 12.1. The molecule has 1 aromatic carbocycles. The van der Waals surface area contributed by atoms with Crippen molar-refractivity contribution in [3.05, 3.63) is 51.3 Å². The van der Waals surface area contributed by atoms with Gasteiger partial charge in [0.25, 0.3) is 0 Å². The molecule has 0 unspecified atom stereocenters. The molecule has 3 rings (SSSR count). The van der Waals surface area contributed by atoms with Crippen molar-refractivity contribution in [3.63, 3.8) is 0 Å². The third-order valence-corrected chi connectivity index (χ3v) is 4.63. The van der Waals surface area contributed by atoms with Crippen LogP contribution in [0.5, 0.6) is 17.4 Å². The van der Waals surface area contributed by atoms with Gasteiger partial charge in [-0.1, -0.05) is 13.0 Å². The Bertz CT molecular complexity index is 802. The van der Waals surface area contributed by atoms with E-state index in [0.29, 0.717) is 23.8 Å². The third kappa shape index (κ3) is 6.80. The van der Waals surface area contributed by atoms with E-state index in [2.05, 4.69) is 4.98 Å². The van der Waals surface area contributed by atoms with Crippen LogP contribution < -0.4 is 19.6 Å². The summed E-state index contributed by atoms with van der Waals surface area (Å²) in [6, 6.07) is 7.36. The maximum atomic E-state index is 12.1. The van der Waals surface area contributed by atoms with Crippen LogP contribution >= 0.6 is 0 Å². The van der Waals surface area contributed by atoms with Crippen LogP contribution in [0.15, 0.2) is 29.1 Å². The Kier molecular flexibility index (Phi) is 9.53. The predicted octanol–water partition coefficient (Wildman–Crippen LogP) is 2.78. The van der Waals surface area contributed by atoms with Crippen LogP contribution in [-0.4, -0.2) is 52.7 Å². The molecule has 1 aromatic heterocycles. The van der Waals surface area contributed by atoms with E-state index in [-0.39, 0.29) is 5.43 Å². The van der Waals surface area contributed by atoms with E-state index in [4.69, 9.17) is 23.7 Å². The maximum absolute atomic E-state index is 12.1. The number of hydrogen-bond donors (Lipinski definition) is 1. The number of aryl methyl sites for hydroxylation is 2. The second-order valence-electron chi connectivity index (χ2n) is 6.43. The number of nitrogens with one attached hydrogen (secondary N) is 1. The molecule has 1 saturated heterocycles. The summed E-state index contributed by atoms with van der Waals surface area (Å²) in [5.41, 5.74) is 2.87. The molecule has 7 heteroatoms. The average Bonchev–Trinajstić information content (AvgIpc) is 2.78. The Balaban J connectivity index is 0.000000426. The SMILES string of the molecule is C1COCCO1.CCc1c(CCc2ccc(OC)c(OC)c2)[nH]c(OC)cc1=O. The molecular weight excluding hydrogens is 374 g/mol. The topological polar surface area (TPSA) is 79.0 Å². The molecule has 160 valence electrons. The van der Waals surface area contributed by atoms with Gasteiger partial charge in [0.2, 0.25) is 0 Å². The van der Waals surface area contributed by atoms with Crippen molar-refractivity contribution in [1.29, 1.82) is 0 Å². The first-order valence-corrected chi connectivity index (χ1v) is 9.78. The summed E-state index contributed by atoms with van der Waals surface area (Å²) >= 11 is 0. The minimum absolute atomic E-state index is 0.0189. The van der Waals surface area contributed by atoms with E-state index in [0.717, 1.165) is 56.1 Å². The monoisotopic (exact) mass is 405 g/mol. The summed E-state index contributed by atoms with van der Waals surface area (Å²) in [7, 11) is 4.79. The van der Waals surface area contributed by atoms with Crippen LogP contribution in [0.1, 0.15) is 23.7 Å². The summed E-state index contributed by atoms with van der Waals surface area (Å²) in [5, 5.41) is 0. The third-order valence-electron chi connectivity index (χ3n) is 4.63. The van der Waals surface area contributed by atoms with Gasteiger partial charge in [-0.25, -0.2) is 0 Å². The number of aromatic amines is 1. The summed E-state index contributed by atoms with van der Waals surface area (Å²) in [6.07, 6.45) is 2.21. The lowest BCUT2D eigenvalue weighted by molar-refractivity contribution is -0.0334. The summed E-state index contributed by atoms with van der Waals surface area (Å²) in [4.78, 5) is 15.3. The molecule has 7 nitrogen and oxygen atoms in total. The molecule has 0 amide bonds. The molecule has 0 radical (unpaired) electrons. The fraction of sp³-hybridized carbons (Fsp3) is 0.500. The number of aromatic nitrogens is 1. The van der Waals surface area contributed by atoms with Gasteiger partial charge in [-0.3, -0.25) is 4.79 Å². The standard InChI is InChI=1S/C18H23NO4.C4H8O2/c1-5-13-14(19-18(23-4)11-15(13)20)8-6-12-7-9-16(21-2)17(10-12)22-3;1-2-6-4-3-5-1/h7,9-11H,5-6,8H2,1-4H3,(H,19,20);1-4H2. The zero-order valence-corrected chi connectivity index (χ0v) is 17.7. The van der Waals surface area contributed by atoms with Crippen molar-refractivity contribution in [1.82, 2.24) is 4.98 Å². The van der Waals surface area contributed by atoms with E-state index < -0.39 is 0 Å². The first-order chi connectivity index (χ1) is 14.1. The molecule has 1 aliphatic rings. The van der Waals surface area contributed by atoms with Gasteiger partial charge in [-0.2, -0.15) is 0 Å². The van der Waals surface area contributed by atoms with Gasteiger partial charge in [0, 0.05) is 17.3 Å². The van der Waals surface area contributed by atoms with Crippen molar-refractivity contribution < 1.29 is 23.7 Å².